The van der Waals surface area contributed by atoms with Crippen LogP contribution >= 0.6 is 11.6 Å². The van der Waals surface area contributed by atoms with Gasteiger partial charge in [0.2, 0.25) is 0 Å². The summed E-state index contributed by atoms with van der Waals surface area (Å²) in [6.07, 6.45) is 3.19. The fraction of sp³-hybridized carbons (Fsp3) is 0.250. The van der Waals surface area contributed by atoms with Crippen LogP contribution in [0.1, 0.15) is 13.3 Å². The highest BCUT2D eigenvalue weighted by Crippen LogP contribution is 2.16. The van der Waals surface area contributed by atoms with E-state index in [1.165, 1.54) is 17.4 Å². The summed E-state index contributed by atoms with van der Waals surface area (Å²) in [5.41, 5.74) is 0.758. The Kier molecular flexibility index (Phi) is 2.17. The molecule has 0 saturated heterocycles. The number of hydrogen-bond acceptors (Lipinski definition) is 4. The second kappa shape index (κ2) is 3.34. The lowest BCUT2D eigenvalue weighted by molar-refractivity contribution is -0.117. The lowest BCUT2D eigenvalue weighted by Gasteiger charge is -2.07. The van der Waals surface area contributed by atoms with Crippen LogP contribution in [0.5, 0.6) is 0 Å². The number of hydrazone groups is 1. The van der Waals surface area contributed by atoms with Crippen LogP contribution in [0, 0.1) is 0 Å². The van der Waals surface area contributed by atoms with E-state index < -0.39 is 0 Å². The SMILES string of the molecule is CC1=NN(c2ncc(Cl)cn2)C(=O)C1. The molecule has 5 nitrogen and oxygen atoms in total. The van der Waals surface area contributed by atoms with Crippen molar-refractivity contribution in [2.75, 3.05) is 5.01 Å². The van der Waals surface area contributed by atoms with E-state index >= 15 is 0 Å². The fourth-order valence-electron chi connectivity index (χ4n) is 1.13. The molecule has 2 rings (SSSR count). The third kappa shape index (κ3) is 1.58. The van der Waals surface area contributed by atoms with Gasteiger partial charge in [0, 0.05) is 5.71 Å². The normalized spacial score (nSPS) is 16.0. The van der Waals surface area contributed by atoms with Gasteiger partial charge in [0.25, 0.3) is 11.9 Å². The van der Waals surface area contributed by atoms with E-state index in [0.29, 0.717) is 11.4 Å². The molecule has 0 aliphatic carbocycles. The molecule has 0 N–H and O–H groups in total. The average molecular weight is 211 g/mol. The van der Waals surface area contributed by atoms with Crippen LogP contribution in [0.15, 0.2) is 17.5 Å². The van der Waals surface area contributed by atoms with E-state index in [2.05, 4.69) is 15.1 Å². The Hall–Kier alpha value is -1.49. The molecule has 0 atom stereocenters. The number of amides is 1. The maximum atomic E-state index is 11.4. The van der Waals surface area contributed by atoms with Crippen molar-refractivity contribution in [3.05, 3.63) is 17.4 Å². The summed E-state index contributed by atoms with van der Waals surface area (Å²) in [6.45, 7) is 1.79. The average Bonchev–Trinajstić information content (AvgIpc) is 2.47. The monoisotopic (exact) mass is 210 g/mol. The molecular weight excluding hydrogens is 204 g/mol. The molecular formula is C8H7ClN4O. The van der Waals surface area contributed by atoms with Crippen molar-refractivity contribution in [3.63, 3.8) is 0 Å². The van der Waals surface area contributed by atoms with E-state index in [-0.39, 0.29) is 11.9 Å². The number of hydrogen-bond donors (Lipinski definition) is 0. The lowest BCUT2D eigenvalue weighted by atomic mass is 10.3. The largest absolute Gasteiger partial charge is 0.272 e. The molecule has 0 aromatic carbocycles. The van der Waals surface area contributed by atoms with Crippen LogP contribution in [0.3, 0.4) is 0 Å². The number of anilines is 1. The first kappa shape index (κ1) is 9.08. The predicted molar refractivity (Wildman–Crippen MR) is 52.3 cm³/mol. The molecule has 2 heterocycles. The summed E-state index contributed by atoms with van der Waals surface area (Å²) in [4.78, 5) is 19.2. The minimum atomic E-state index is -0.121. The minimum Gasteiger partial charge on any atom is -0.272 e. The molecule has 1 amide bonds. The van der Waals surface area contributed by atoms with Gasteiger partial charge in [0.05, 0.1) is 23.8 Å². The first-order valence-corrected chi connectivity index (χ1v) is 4.39. The Balaban J connectivity index is 2.32. The molecule has 1 aliphatic heterocycles. The Morgan fingerprint density at radius 3 is 2.57 bits per heavy atom. The van der Waals surface area contributed by atoms with E-state index in [4.69, 9.17) is 11.6 Å². The maximum Gasteiger partial charge on any atom is 0.255 e. The number of carbonyl (C=O) groups excluding carboxylic acids is 1. The van der Waals surface area contributed by atoms with Crippen molar-refractivity contribution in [2.24, 2.45) is 5.10 Å². The zero-order valence-electron chi connectivity index (χ0n) is 7.44. The molecule has 6 heteroatoms. The highest BCUT2D eigenvalue weighted by atomic mass is 35.5. The van der Waals surface area contributed by atoms with E-state index in [1.807, 2.05) is 0 Å². The van der Waals surface area contributed by atoms with Crippen LogP contribution in [0.25, 0.3) is 0 Å². The summed E-state index contributed by atoms with van der Waals surface area (Å²) >= 11 is 5.62. The van der Waals surface area contributed by atoms with Gasteiger partial charge in [-0.2, -0.15) is 10.1 Å². The number of halogens is 1. The molecule has 0 radical (unpaired) electrons. The van der Waals surface area contributed by atoms with E-state index in [1.54, 1.807) is 6.92 Å². The van der Waals surface area contributed by atoms with Crippen LogP contribution in [0.2, 0.25) is 5.02 Å². The molecule has 1 aliphatic rings. The van der Waals surface area contributed by atoms with Crippen LogP contribution in [-0.4, -0.2) is 21.6 Å². The lowest BCUT2D eigenvalue weighted by Crippen LogP contribution is -2.21. The maximum absolute atomic E-state index is 11.4. The van der Waals surface area contributed by atoms with E-state index in [9.17, 15) is 4.79 Å². The van der Waals surface area contributed by atoms with Gasteiger partial charge < -0.3 is 0 Å². The highest BCUT2D eigenvalue weighted by Gasteiger charge is 2.24. The summed E-state index contributed by atoms with van der Waals surface area (Å²) in [5, 5.41) is 5.62. The molecule has 1 aromatic rings. The summed E-state index contributed by atoms with van der Waals surface area (Å²) in [7, 11) is 0. The Labute approximate surface area is 85.4 Å². The summed E-state index contributed by atoms with van der Waals surface area (Å²) in [5.74, 6) is 0.140. The minimum absolute atomic E-state index is 0.121. The quantitative estimate of drug-likeness (QED) is 0.701. The standard InChI is InChI=1S/C8H7ClN4O/c1-5-2-7(14)13(12-5)8-10-3-6(9)4-11-8/h3-4H,2H2,1H3. The van der Waals surface area contributed by atoms with Gasteiger partial charge in [0.1, 0.15) is 0 Å². The Bertz CT molecular complexity index is 400. The van der Waals surface area contributed by atoms with Gasteiger partial charge in [-0.1, -0.05) is 11.6 Å². The highest BCUT2D eigenvalue weighted by molar-refractivity contribution is 6.30. The molecule has 72 valence electrons. The molecule has 1 aromatic heterocycles. The van der Waals surface area contributed by atoms with Gasteiger partial charge in [-0.15, -0.1) is 0 Å². The molecule has 0 fully saturated rings. The van der Waals surface area contributed by atoms with Crippen molar-refractivity contribution in [1.82, 2.24) is 9.97 Å². The van der Waals surface area contributed by atoms with Crippen molar-refractivity contribution in [1.29, 1.82) is 0 Å². The summed E-state index contributed by atoms with van der Waals surface area (Å²) in [6, 6.07) is 0. The van der Waals surface area contributed by atoms with E-state index in [0.717, 1.165) is 5.71 Å². The van der Waals surface area contributed by atoms with Gasteiger partial charge >= 0.3 is 0 Å². The van der Waals surface area contributed by atoms with Gasteiger partial charge in [-0.25, -0.2) is 9.97 Å². The van der Waals surface area contributed by atoms with Crippen molar-refractivity contribution in [2.45, 2.75) is 13.3 Å². The van der Waals surface area contributed by atoms with Crippen molar-refractivity contribution in [3.8, 4) is 0 Å². The molecule has 14 heavy (non-hydrogen) atoms. The predicted octanol–water partition coefficient (Wildman–Crippen LogP) is 1.24. The zero-order valence-corrected chi connectivity index (χ0v) is 8.19. The fourth-order valence-corrected chi connectivity index (χ4v) is 1.22. The number of nitrogens with zero attached hydrogens (tertiary/aromatic N) is 4. The molecule has 0 unspecified atom stereocenters. The number of aromatic nitrogens is 2. The number of carbonyl (C=O) groups is 1. The van der Waals surface area contributed by atoms with Crippen molar-refractivity contribution >= 4 is 29.2 Å². The zero-order chi connectivity index (χ0) is 10.1. The first-order chi connectivity index (χ1) is 6.66. The first-order valence-electron chi connectivity index (χ1n) is 4.01. The van der Waals surface area contributed by atoms with Gasteiger partial charge in [0.15, 0.2) is 0 Å². The topological polar surface area (TPSA) is 58.5 Å². The summed E-state index contributed by atoms with van der Waals surface area (Å²) < 4.78 is 0. The van der Waals surface area contributed by atoms with Crippen molar-refractivity contribution < 1.29 is 4.79 Å². The van der Waals surface area contributed by atoms with Gasteiger partial charge in [-0.05, 0) is 6.92 Å². The number of rotatable bonds is 1. The Morgan fingerprint density at radius 2 is 2.07 bits per heavy atom. The third-order valence-electron chi connectivity index (χ3n) is 1.71. The molecule has 0 bridgehead atoms. The third-order valence-corrected chi connectivity index (χ3v) is 1.91. The van der Waals surface area contributed by atoms with Crippen LogP contribution in [0.4, 0.5) is 5.95 Å². The Morgan fingerprint density at radius 1 is 1.43 bits per heavy atom. The second-order valence-corrected chi connectivity index (χ2v) is 3.36. The van der Waals surface area contributed by atoms with Crippen LogP contribution < -0.4 is 5.01 Å². The second-order valence-electron chi connectivity index (χ2n) is 2.92. The molecule has 0 saturated carbocycles. The smallest absolute Gasteiger partial charge is 0.255 e. The van der Waals surface area contributed by atoms with Crippen LogP contribution in [-0.2, 0) is 4.79 Å². The van der Waals surface area contributed by atoms with Gasteiger partial charge in [-0.3, -0.25) is 4.79 Å². The molecule has 0 spiro atoms.